The normalized spacial score (nSPS) is 10.4. The highest BCUT2D eigenvalue weighted by atomic mass is 16.6. The minimum atomic E-state index is -0.493. The van der Waals surface area contributed by atoms with Crippen LogP contribution in [0, 0.1) is 24.0 Å². The summed E-state index contributed by atoms with van der Waals surface area (Å²) in [5.41, 5.74) is 1.24. The van der Waals surface area contributed by atoms with Crippen LogP contribution in [0.1, 0.15) is 27.4 Å². The van der Waals surface area contributed by atoms with Crippen LogP contribution >= 0.6 is 0 Å². The Morgan fingerprint density at radius 3 is 2.71 bits per heavy atom. The highest BCUT2D eigenvalue weighted by molar-refractivity contribution is 5.96. The van der Waals surface area contributed by atoms with Crippen LogP contribution in [0.2, 0.25) is 0 Å². The van der Waals surface area contributed by atoms with Gasteiger partial charge in [0.15, 0.2) is 0 Å². The van der Waals surface area contributed by atoms with Crippen molar-refractivity contribution in [3.63, 3.8) is 0 Å². The molecule has 1 heterocycles. The topological polar surface area (TPSA) is 89.5 Å². The standard InChI is InChI=1S/C14H15N3O4/c1-9-7-11(15-21-9)8-16(3)14(18)12-5-4-6-13(10(12)2)17(19)20/h4-7H,8H2,1-3H3. The van der Waals surface area contributed by atoms with Gasteiger partial charge in [-0.2, -0.15) is 0 Å². The van der Waals surface area contributed by atoms with Crippen molar-refractivity contribution < 1.29 is 14.2 Å². The third-order valence-corrected chi connectivity index (χ3v) is 3.15. The zero-order chi connectivity index (χ0) is 15.6. The summed E-state index contributed by atoms with van der Waals surface area (Å²) in [6.07, 6.45) is 0. The Hall–Kier alpha value is -2.70. The number of amides is 1. The van der Waals surface area contributed by atoms with Crippen molar-refractivity contribution in [3.8, 4) is 0 Å². The van der Waals surface area contributed by atoms with E-state index in [1.54, 1.807) is 33.0 Å². The van der Waals surface area contributed by atoms with E-state index < -0.39 is 4.92 Å². The zero-order valence-corrected chi connectivity index (χ0v) is 12.0. The monoisotopic (exact) mass is 289 g/mol. The fourth-order valence-electron chi connectivity index (χ4n) is 2.07. The maximum atomic E-state index is 12.4. The maximum absolute atomic E-state index is 12.4. The van der Waals surface area contributed by atoms with Crippen LogP contribution in [-0.2, 0) is 6.54 Å². The largest absolute Gasteiger partial charge is 0.361 e. The van der Waals surface area contributed by atoms with E-state index in [1.807, 2.05) is 0 Å². The van der Waals surface area contributed by atoms with E-state index in [0.717, 1.165) is 0 Å². The number of carbonyl (C=O) groups excluding carboxylic acids is 1. The molecule has 0 unspecified atom stereocenters. The third-order valence-electron chi connectivity index (χ3n) is 3.15. The maximum Gasteiger partial charge on any atom is 0.273 e. The van der Waals surface area contributed by atoms with Gasteiger partial charge in [-0.1, -0.05) is 11.2 Å². The zero-order valence-electron chi connectivity index (χ0n) is 12.0. The van der Waals surface area contributed by atoms with Crippen LogP contribution in [0.3, 0.4) is 0 Å². The Kier molecular flexibility index (Phi) is 4.02. The van der Waals surface area contributed by atoms with E-state index in [0.29, 0.717) is 22.6 Å². The van der Waals surface area contributed by atoms with Gasteiger partial charge in [0.1, 0.15) is 11.5 Å². The average molecular weight is 289 g/mol. The molecule has 1 aromatic carbocycles. The summed E-state index contributed by atoms with van der Waals surface area (Å²) in [4.78, 5) is 24.3. The van der Waals surface area contributed by atoms with E-state index in [9.17, 15) is 14.9 Å². The second kappa shape index (κ2) is 5.74. The summed E-state index contributed by atoms with van der Waals surface area (Å²) >= 11 is 0. The third kappa shape index (κ3) is 3.07. The molecule has 0 saturated carbocycles. The Labute approximate surface area is 121 Å². The molecule has 2 aromatic rings. The first kappa shape index (κ1) is 14.7. The second-order valence-electron chi connectivity index (χ2n) is 4.80. The van der Waals surface area contributed by atoms with Crippen molar-refractivity contribution in [1.29, 1.82) is 0 Å². The van der Waals surface area contributed by atoms with E-state index in [1.165, 1.54) is 17.0 Å². The lowest BCUT2D eigenvalue weighted by Crippen LogP contribution is -2.27. The number of aromatic nitrogens is 1. The number of nitro benzene ring substituents is 1. The highest BCUT2D eigenvalue weighted by Gasteiger charge is 2.21. The molecule has 2 rings (SSSR count). The van der Waals surface area contributed by atoms with E-state index in [-0.39, 0.29) is 18.1 Å². The molecule has 0 radical (unpaired) electrons. The van der Waals surface area contributed by atoms with Gasteiger partial charge in [0.05, 0.1) is 11.5 Å². The van der Waals surface area contributed by atoms with Gasteiger partial charge in [-0.15, -0.1) is 0 Å². The number of nitro groups is 1. The van der Waals surface area contributed by atoms with E-state index >= 15 is 0 Å². The lowest BCUT2D eigenvalue weighted by molar-refractivity contribution is -0.385. The van der Waals surface area contributed by atoms with E-state index in [2.05, 4.69) is 5.16 Å². The molecule has 0 fully saturated rings. The first-order chi connectivity index (χ1) is 9.90. The SMILES string of the molecule is Cc1cc(CN(C)C(=O)c2cccc([N+](=O)[O-])c2C)no1. The molecule has 110 valence electrons. The number of carbonyl (C=O) groups is 1. The smallest absolute Gasteiger partial charge is 0.273 e. The first-order valence-corrected chi connectivity index (χ1v) is 6.32. The Bertz CT molecular complexity index is 693. The first-order valence-electron chi connectivity index (χ1n) is 6.32. The van der Waals surface area contributed by atoms with Crippen molar-refractivity contribution >= 4 is 11.6 Å². The molecule has 0 aliphatic heterocycles. The molecule has 0 aliphatic carbocycles. The molecule has 0 bridgehead atoms. The van der Waals surface area contributed by atoms with Gasteiger partial charge in [-0.05, 0) is 19.9 Å². The van der Waals surface area contributed by atoms with E-state index in [4.69, 9.17) is 4.52 Å². The van der Waals surface area contributed by atoms with Crippen molar-refractivity contribution in [1.82, 2.24) is 10.1 Å². The van der Waals surface area contributed by atoms with Crippen LogP contribution in [0.4, 0.5) is 5.69 Å². The van der Waals surface area contributed by atoms with Gasteiger partial charge in [0, 0.05) is 30.3 Å². The molecule has 0 aliphatic rings. The van der Waals surface area contributed by atoms with Crippen LogP contribution in [0.15, 0.2) is 28.8 Å². The molecule has 21 heavy (non-hydrogen) atoms. The van der Waals surface area contributed by atoms with Gasteiger partial charge >= 0.3 is 0 Å². The molecule has 0 N–H and O–H groups in total. The molecule has 1 amide bonds. The number of aryl methyl sites for hydroxylation is 1. The van der Waals surface area contributed by atoms with Crippen LogP contribution in [0.5, 0.6) is 0 Å². The summed E-state index contributed by atoms with van der Waals surface area (Å²) in [6.45, 7) is 3.61. The van der Waals surface area contributed by atoms with Crippen molar-refractivity contribution in [3.05, 3.63) is 57.0 Å². The van der Waals surface area contributed by atoms with Crippen molar-refractivity contribution in [2.24, 2.45) is 0 Å². The Balaban J connectivity index is 2.23. The van der Waals surface area contributed by atoms with Gasteiger partial charge in [0.2, 0.25) is 0 Å². The molecule has 7 heteroatoms. The number of hydrogen-bond acceptors (Lipinski definition) is 5. The lowest BCUT2D eigenvalue weighted by atomic mass is 10.1. The molecular weight excluding hydrogens is 274 g/mol. The molecule has 0 saturated heterocycles. The van der Waals surface area contributed by atoms with Gasteiger partial charge in [-0.25, -0.2) is 0 Å². The molecular formula is C14H15N3O4. The molecule has 7 nitrogen and oxygen atoms in total. The minimum Gasteiger partial charge on any atom is -0.361 e. The lowest BCUT2D eigenvalue weighted by Gasteiger charge is -2.16. The van der Waals surface area contributed by atoms with Gasteiger partial charge in [0.25, 0.3) is 11.6 Å². The number of benzene rings is 1. The van der Waals surface area contributed by atoms with Crippen molar-refractivity contribution in [2.75, 3.05) is 7.05 Å². The van der Waals surface area contributed by atoms with Crippen LogP contribution in [0.25, 0.3) is 0 Å². The highest BCUT2D eigenvalue weighted by Crippen LogP contribution is 2.22. The minimum absolute atomic E-state index is 0.0634. The molecule has 0 spiro atoms. The summed E-state index contributed by atoms with van der Waals surface area (Å²) in [5.74, 6) is 0.370. The fourth-order valence-corrected chi connectivity index (χ4v) is 2.07. The molecule has 1 aromatic heterocycles. The van der Waals surface area contributed by atoms with Crippen LogP contribution < -0.4 is 0 Å². The van der Waals surface area contributed by atoms with Crippen LogP contribution in [-0.4, -0.2) is 27.9 Å². The molecule has 0 atom stereocenters. The second-order valence-corrected chi connectivity index (χ2v) is 4.80. The summed E-state index contributed by atoms with van der Waals surface area (Å²) in [5, 5.41) is 14.7. The summed E-state index contributed by atoms with van der Waals surface area (Å²) in [7, 11) is 1.62. The predicted molar refractivity (Wildman–Crippen MR) is 74.9 cm³/mol. The van der Waals surface area contributed by atoms with Crippen molar-refractivity contribution in [2.45, 2.75) is 20.4 Å². The predicted octanol–water partition coefficient (Wildman–Crippen LogP) is 2.47. The summed E-state index contributed by atoms with van der Waals surface area (Å²) < 4.78 is 4.95. The van der Waals surface area contributed by atoms with Gasteiger partial charge < -0.3 is 9.42 Å². The quantitative estimate of drug-likeness (QED) is 0.637. The Morgan fingerprint density at radius 1 is 1.43 bits per heavy atom. The number of hydrogen-bond donors (Lipinski definition) is 0. The number of rotatable bonds is 4. The average Bonchev–Trinajstić information content (AvgIpc) is 2.83. The van der Waals surface area contributed by atoms with Gasteiger partial charge in [-0.3, -0.25) is 14.9 Å². The summed E-state index contributed by atoms with van der Waals surface area (Å²) in [6, 6.07) is 6.21. The fraction of sp³-hybridized carbons (Fsp3) is 0.286. The number of nitrogens with zero attached hydrogens (tertiary/aromatic N) is 3. The Morgan fingerprint density at radius 2 is 2.14 bits per heavy atom.